The number of carbonyl (C=O) groups is 1. The fourth-order valence-electron chi connectivity index (χ4n) is 2.90. The third kappa shape index (κ3) is 8.15. The predicted molar refractivity (Wildman–Crippen MR) is 123 cm³/mol. The third-order valence-electron chi connectivity index (χ3n) is 4.38. The maximum Gasteiger partial charge on any atom is 0.224 e. The Morgan fingerprint density at radius 3 is 2.37 bits per heavy atom. The van der Waals surface area contributed by atoms with Crippen LogP contribution in [0.4, 0.5) is 0 Å². The van der Waals surface area contributed by atoms with Crippen LogP contribution in [0.5, 0.6) is 5.75 Å². The highest BCUT2D eigenvalue weighted by molar-refractivity contribution is 5.81. The van der Waals surface area contributed by atoms with Crippen molar-refractivity contribution in [3.8, 4) is 5.75 Å². The number of rotatable bonds is 8. The second kappa shape index (κ2) is 11.2. The van der Waals surface area contributed by atoms with E-state index in [-0.39, 0.29) is 11.5 Å². The number of carbonyl (C=O) groups excluding carboxylic acids is 1. The summed E-state index contributed by atoms with van der Waals surface area (Å²) in [5, 5.41) is 6.50. The molecule has 0 aromatic heterocycles. The monoisotopic (exact) mass is 410 g/mol. The van der Waals surface area contributed by atoms with Crippen molar-refractivity contribution in [2.45, 2.75) is 45.9 Å². The van der Waals surface area contributed by atoms with Gasteiger partial charge >= 0.3 is 0 Å². The molecule has 0 aliphatic carbocycles. The summed E-state index contributed by atoms with van der Waals surface area (Å²) in [6.45, 7) is 7.79. The van der Waals surface area contributed by atoms with E-state index in [0.717, 1.165) is 16.9 Å². The Kier molecular flexibility index (Phi) is 8.71. The first-order chi connectivity index (χ1) is 14.3. The number of guanidine groups is 1. The van der Waals surface area contributed by atoms with Gasteiger partial charge in [-0.1, -0.05) is 48.5 Å². The standard InChI is InChI=1S/C24H34N4O2/c1-24(2,3)30-21-14-10-9-13-20(21)17-27-23(25-4)26-16-15-22(29)28(5)18-19-11-7-6-8-12-19/h6-14H,15-18H2,1-5H3,(H2,25,26,27). The molecule has 0 unspecified atom stereocenters. The molecule has 0 radical (unpaired) electrons. The number of aliphatic imine (C=N–C) groups is 1. The zero-order valence-electron chi connectivity index (χ0n) is 18.7. The fraction of sp³-hybridized carbons (Fsp3) is 0.417. The van der Waals surface area contributed by atoms with Crippen molar-refractivity contribution in [2.75, 3.05) is 20.6 Å². The summed E-state index contributed by atoms with van der Waals surface area (Å²) < 4.78 is 6.04. The summed E-state index contributed by atoms with van der Waals surface area (Å²) in [5.41, 5.74) is 1.91. The van der Waals surface area contributed by atoms with Crippen molar-refractivity contribution < 1.29 is 9.53 Å². The highest BCUT2D eigenvalue weighted by Crippen LogP contribution is 2.22. The molecule has 2 aromatic rings. The molecule has 0 spiro atoms. The molecule has 2 aromatic carbocycles. The van der Waals surface area contributed by atoms with Crippen LogP contribution < -0.4 is 15.4 Å². The second-order valence-corrected chi connectivity index (χ2v) is 8.16. The van der Waals surface area contributed by atoms with E-state index in [4.69, 9.17) is 4.74 Å². The van der Waals surface area contributed by atoms with E-state index in [1.165, 1.54) is 0 Å². The van der Waals surface area contributed by atoms with Crippen LogP contribution in [0.15, 0.2) is 59.6 Å². The number of benzene rings is 2. The summed E-state index contributed by atoms with van der Waals surface area (Å²) in [5.74, 6) is 1.59. The van der Waals surface area contributed by atoms with Gasteiger partial charge in [0, 0.05) is 45.7 Å². The molecule has 0 fully saturated rings. The molecular formula is C24H34N4O2. The fourth-order valence-corrected chi connectivity index (χ4v) is 2.90. The smallest absolute Gasteiger partial charge is 0.224 e. The van der Waals surface area contributed by atoms with Crippen molar-refractivity contribution in [2.24, 2.45) is 4.99 Å². The molecule has 2 N–H and O–H groups in total. The molecule has 0 saturated heterocycles. The van der Waals surface area contributed by atoms with Gasteiger partial charge in [-0.25, -0.2) is 0 Å². The number of ether oxygens (including phenoxy) is 1. The molecule has 2 rings (SSSR count). The molecular weight excluding hydrogens is 376 g/mol. The molecule has 162 valence electrons. The SMILES string of the molecule is CN=C(NCCC(=O)N(C)Cc1ccccc1)NCc1ccccc1OC(C)(C)C. The zero-order valence-corrected chi connectivity index (χ0v) is 18.7. The Morgan fingerprint density at radius 1 is 1.03 bits per heavy atom. The van der Waals surface area contributed by atoms with E-state index in [2.05, 4.69) is 15.6 Å². The minimum atomic E-state index is -0.262. The maximum absolute atomic E-state index is 12.4. The van der Waals surface area contributed by atoms with Gasteiger partial charge in [0.2, 0.25) is 5.91 Å². The topological polar surface area (TPSA) is 66.0 Å². The number of nitrogens with one attached hydrogen (secondary N) is 2. The summed E-state index contributed by atoms with van der Waals surface area (Å²) >= 11 is 0. The lowest BCUT2D eigenvalue weighted by Crippen LogP contribution is -2.39. The lowest BCUT2D eigenvalue weighted by atomic mass is 10.1. The highest BCUT2D eigenvalue weighted by atomic mass is 16.5. The van der Waals surface area contributed by atoms with Crippen LogP contribution in [-0.2, 0) is 17.9 Å². The van der Waals surface area contributed by atoms with Gasteiger partial charge in [0.25, 0.3) is 0 Å². The number of nitrogens with zero attached hydrogens (tertiary/aromatic N) is 2. The highest BCUT2D eigenvalue weighted by Gasteiger charge is 2.14. The number of hydrogen-bond donors (Lipinski definition) is 2. The normalized spacial score (nSPS) is 11.7. The van der Waals surface area contributed by atoms with E-state index >= 15 is 0 Å². The number of amides is 1. The van der Waals surface area contributed by atoms with Gasteiger partial charge in [0.15, 0.2) is 5.96 Å². The third-order valence-corrected chi connectivity index (χ3v) is 4.38. The summed E-state index contributed by atoms with van der Waals surface area (Å²) in [4.78, 5) is 18.4. The van der Waals surface area contributed by atoms with Crippen LogP contribution >= 0.6 is 0 Å². The largest absolute Gasteiger partial charge is 0.488 e. The molecule has 6 nitrogen and oxygen atoms in total. The molecule has 6 heteroatoms. The van der Waals surface area contributed by atoms with Gasteiger partial charge in [-0.15, -0.1) is 0 Å². The molecule has 30 heavy (non-hydrogen) atoms. The minimum Gasteiger partial charge on any atom is -0.488 e. The van der Waals surface area contributed by atoms with Crippen LogP contribution in [0, 0.1) is 0 Å². The van der Waals surface area contributed by atoms with E-state index in [1.807, 2.05) is 82.4 Å². The van der Waals surface area contributed by atoms with Gasteiger partial charge < -0.3 is 20.3 Å². The van der Waals surface area contributed by atoms with Crippen LogP contribution in [0.25, 0.3) is 0 Å². The number of para-hydroxylation sites is 1. The molecule has 0 aliphatic heterocycles. The maximum atomic E-state index is 12.4. The van der Waals surface area contributed by atoms with Crippen LogP contribution in [-0.4, -0.2) is 43.0 Å². The van der Waals surface area contributed by atoms with Crippen LogP contribution in [0.1, 0.15) is 38.3 Å². The second-order valence-electron chi connectivity index (χ2n) is 8.16. The van der Waals surface area contributed by atoms with Gasteiger partial charge in [0.05, 0.1) is 0 Å². The first-order valence-electron chi connectivity index (χ1n) is 10.3. The van der Waals surface area contributed by atoms with Crippen LogP contribution in [0.2, 0.25) is 0 Å². The molecule has 0 saturated carbocycles. The average Bonchev–Trinajstić information content (AvgIpc) is 2.71. The first-order valence-corrected chi connectivity index (χ1v) is 10.3. The van der Waals surface area contributed by atoms with Crippen molar-refractivity contribution in [1.82, 2.24) is 15.5 Å². The van der Waals surface area contributed by atoms with Crippen molar-refractivity contribution in [3.63, 3.8) is 0 Å². The van der Waals surface area contributed by atoms with Crippen molar-refractivity contribution >= 4 is 11.9 Å². The average molecular weight is 411 g/mol. The molecule has 0 atom stereocenters. The number of hydrogen-bond acceptors (Lipinski definition) is 3. The van der Waals surface area contributed by atoms with E-state index < -0.39 is 0 Å². The lowest BCUT2D eigenvalue weighted by Gasteiger charge is -2.23. The van der Waals surface area contributed by atoms with Crippen molar-refractivity contribution in [1.29, 1.82) is 0 Å². The molecule has 1 amide bonds. The zero-order chi connectivity index (χ0) is 22.0. The first kappa shape index (κ1) is 23.3. The van der Waals surface area contributed by atoms with Gasteiger partial charge in [-0.3, -0.25) is 9.79 Å². The Balaban J connectivity index is 1.79. The van der Waals surface area contributed by atoms with E-state index in [1.54, 1.807) is 11.9 Å². The minimum absolute atomic E-state index is 0.0886. The summed E-state index contributed by atoms with van der Waals surface area (Å²) in [6.07, 6.45) is 0.397. The van der Waals surface area contributed by atoms with Gasteiger partial charge in [-0.05, 0) is 32.4 Å². The predicted octanol–water partition coefficient (Wildman–Crippen LogP) is 3.58. The summed E-state index contributed by atoms with van der Waals surface area (Å²) in [7, 11) is 3.55. The van der Waals surface area contributed by atoms with Gasteiger partial charge in [-0.2, -0.15) is 0 Å². The Labute approximate surface area is 180 Å². The molecule has 0 heterocycles. The van der Waals surface area contributed by atoms with Crippen LogP contribution in [0.3, 0.4) is 0 Å². The van der Waals surface area contributed by atoms with Gasteiger partial charge in [0.1, 0.15) is 11.4 Å². The Hall–Kier alpha value is -3.02. The van der Waals surface area contributed by atoms with E-state index in [0.29, 0.717) is 32.0 Å². The molecule has 0 bridgehead atoms. The quantitative estimate of drug-likeness (QED) is 0.516. The van der Waals surface area contributed by atoms with E-state index in [9.17, 15) is 4.79 Å². The van der Waals surface area contributed by atoms with Crippen molar-refractivity contribution in [3.05, 3.63) is 65.7 Å². The summed E-state index contributed by atoms with van der Waals surface area (Å²) in [6, 6.07) is 17.9. The Bertz CT molecular complexity index is 829. The molecule has 0 aliphatic rings. The Morgan fingerprint density at radius 2 is 1.70 bits per heavy atom. The lowest BCUT2D eigenvalue weighted by molar-refractivity contribution is -0.130.